The third kappa shape index (κ3) is 75.7. The lowest BCUT2D eigenvalue weighted by Gasteiger charge is -2.06. The molecule has 56 heavy (non-hydrogen) atoms. The summed E-state index contributed by atoms with van der Waals surface area (Å²) in [5.74, 6) is 0. The first-order chi connectivity index (χ1) is 26.5. The average Bonchev–Trinajstić information content (AvgIpc) is 3.16. The third-order valence-electron chi connectivity index (χ3n) is 11.5. The highest BCUT2D eigenvalue weighted by Gasteiger charge is 1.98. The van der Waals surface area contributed by atoms with E-state index in [2.05, 4.69) is 55.9 Å². The van der Waals surface area contributed by atoms with Crippen LogP contribution in [0.5, 0.6) is 0 Å². The van der Waals surface area contributed by atoms with E-state index in [1.54, 1.807) is 9.80 Å². The lowest BCUT2D eigenvalue weighted by atomic mass is 10.0. The molecule has 0 bridgehead atoms. The molecule has 2 nitrogen and oxygen atoms in total. The van der Waals surface area contributed by atoms with E-state index >= 15 is 0 Å². The van der Waals surface area contributed by atoms with Gasteiger partial charge in [-0.2, -0.15) is 0 Å². The standard InChI is InChI=1S/2C20H43N.C12H26.2BrH/c2*1-4-5-6-7-8-9-10-11-12-13-14-15-16-17-18-19-20-21(2)3;1-3-5-7-9-11-12-10-8-6-4-2;;/h2*4-20H2,1-3H3;3-12H2,1-2H3;2*1H. The second-order valence-corrected chi connectivity index (χ2v) is 18.3. The maximum Gasteiger partial charge on any atom is 0.0766 e. The zero-order valence-electron chi connectivity index (χ0n) is 40.9. The van der Waals surface area contributed by atoms with E-state index < -0.39 is 0 Å². The van der Waals surface area contributed by atoms with Crippen molar-refractivity contribution in [2.45, 2.75) is 297 Å². The second-order valence-electron chi connectivity index (χ2n) is 18.3. The van der Waals surface area contributed by atoms with Crippen molar-refractivity contribution in [1.29, 1.82) is 0 Å². The molecule has 0 amide bonds. The Morgan fingerprint density at radius 2 is 0.286 bits per heavy atom. The number of halogens is 2. The number of rotatable bonds is 43. The predicted molar refractivity (Wildman–Crippen MR) is 252 cm³/mol. The molecule has 0 saturated carbocycles. The van der Waals surface area contributed by atoms with E-state index in [1.165, 1.54) is 283 Å². The van der Waals surface area contributed by atoms with Crippen molar-refractivity contribution >= 4 is 0 Å². The van der Waals surface area contributed by atoms with Crippen LogP contribution in [0.1, 0.15) is 297 Å². The van der Waals surface area contributed by atoms with Crippen LogP contribution in [0.4, 0.5) is 0 Å². The van der Waals surface area contributed by atoms with Gasteiger partial charge in [0.2, 0.25) is 0 Å². The quantitative estimate of drug-likeness (QED) is 0.0565. The molecule has 2 N–H and O–H groups in total. The molecule has 0 unspecified atom stereocenters. The number of nitrogens with one attached hydrogen (secondary N) is 2. The van der Waals surface area contributed by atoms with E-state index in [0.29, 0.717) is 0 Å². The monoisotopic (exact) mass is 925 g/mol. The summed E-state index contributed by atoms with van der Waals surface area (Å²) in [6, 6.07) is 0. The SMILES string of the molecule is CCCCCCCCCCCC.CCCCCCCCCCCCCCCCCC[NH+](C)C.CCCCCCCCCCCCCCCCCC[NH+](C)C.[Br-].[Br-]. The van der Waals surface area contributed by atoms with Crippen LogP contribution in [0.3, 0.4) is 0 Å². The van der Waals surface area contributed by atoms with Gasteiger partial charge in [0.1, 0.15) is 0 Å². The largest absolute Gasteiger partial charge is 1.00 e. The lowest BCUT2D eigenvalue weighted by molar-refractivity contribution is -0.858. The van der Waals surface area contributed by atoms with Gasteiger partial charge in [0, 0.05) is 0 Å². The van der Waals surface area contributed by atoms with Gasteiger partial charge in [0.15, 0.2) is 0 Å². The van der Waals surface area contributed by atoms with Crippen LogP contribution in [0, 0.1) is 0 Å². The molecule has 4 heteroatoms. The first-order valence-corrected chi connectivity index (χ1v) is 26.0. The van der Waals surface area contributed by atoms with Crippen LogP contribution in [-0.2, 0) is 0 Å². The highest BCUT2D eigenvalue weighted by molar-refractivity contribution is 4.52. The van der Waals surface area contributed by atoms with Crippen LogP contribution in [-0.4, -0.2) is 41.3 Å². The van der Waals surface area contributed by atoms with Crippen molar-refractivity contribution in [2.24, 2.45) is 0 Å². The molecule has 0 aliphatic rings. The van der Waals surface area contributed by atoms with Crippen LogP contribution in [0.2, 0.25) is 0 Å². The van der Waals surface area contributed by atoms with E-state index in [9.17, 15) is 0 Å². The minimum Gasteiger partial charge on any atom is -1.00 e. The minimum atomic E-state index is 0. The fourth-order valence-corrected chi connectivity index (χ4v) is 7.61. The Hall–Kier alpha value is 0.880. The van der Waals surface area contributed by atoms with Crippen molar-refractivity contribution in [3.63, 3.8) is 0 Å². The molecule has 0 aliphatic heterocycles. The van der Waals surface area contributed by atoms with Gasteiger partial charge < -0.3 is 43.8 Å². The average molecular weight is 927 g/mol. The number of hydrogen-bond acceptors (Lipinski definition) is 0. The first kappa shape index (κ1) is 66.0. The maximum atomic E-state index is 2.30. The maximum absolute atomic E-state index is 2.30. The molecule has 0 radical (unpaired) electrons. The third-order valence-corrected chi connectivity index (χ3v) is 11.5. The van der Waals surface area contributed by atoms with Crippen LogP contribution >= 0.6 is 0 Å². The van der Waals surface area contributed by atoms with Gasteiger partial charge in [0.25, 0.3) is 0 Å². The molecule has 0 aliphatic carbocycles. The Labute approximate surface area is 380 Å². The summed E-state index contributed by atoms with van der Waals surface area (Å²) in [7, 11) is 9.02. The van der Waals surface area contributed by atoms with Crippen molar-refractivity contribution in [3.05, 3.63) is 0 Å². The molecule has 0 atom stereocenters. The Kier molecular flexibility index (Phi) is 76.6. The van der Waals surface area contributed by atoms with Gasteiger partial charge in [-0.3, -0.25) is 0 Å². The Morgan fingerprint density at radius 1 is 0.179 bits per heavy atom. The molecule has 0 spiro atoms. The zero-order chi connectivity index (χ0) is 40.3. The zero-order valence-corrected chi connectivity index (χ0v) is 44.0. The molecule has 0 aromatic carbocycles. The van der Waals surface area contributed by atoms with Crippen LogP contribution < -0.4 is 43.8 Å². The van der Waals surface area contributed by atoms with Crippen LogP contribution in [0.15, 0.2) is 0 Å². The number of unbranched alkanes of at least 4 members (excludes halogenated alkanes) is 39. The molecule has 0 rings (SSSR count). The molecule has 346 valence electrons. The minimum absolute atomic E-state index is 0. The fraction of sp³-hybridized carbons (Fsp3) is 1.00. The highest BCUT2D eigenvalue weighted by Crippen LogP contribution is 2.15. The lowest BCUT2D eigenvalue weighted by Crippen LogP contribution is -3.05. The van der Waals surface area contributed by atoms with Crippen molar-refractivity contribution in [1.82, 2.24) is 0 Å². The summed E-state index contributed by atoms with van der Waals surface area (Å²) in [6.07, 6.45) is 61.3. The summed E-state index contributed by atoms with van der Waals surface area (Å²) >= 11 is 0. The Balaban J connectivity index is -0.000000237. The Morgan fingerprint density at radius 3 is 0.393 bits per heavy atom. The van der Waals surface area contributed by atoms with Gasteiger partial charge in [-0.1, -0.05) is 272 Å². The smallest absolute Gasteiger partial charge is 0.0766 e. The molecular formula is C52H114Br2N2. The highest BCUT2D eigenvalue weighted by atomic mass is 79.9. The van der Waals surface area contributed by atoms with E-state index in [4.69, 9.17) is 0 Å². The van der Waals surface area contributed by atoms with Crippen LogP contribution in [0.25, 0.3) is 0 Å². The Bertz CT molecular complexity index is 535. The summed E-state index contributed by atoms with van der Waals surface area (Å²) in [6.45, 7) is 11.8. The summed E-state index contributed by atoms with van der Waals surface area (Å²) in [5.41, 5.74) is 0. The summed E-state index contributed by atoms with van der Waals surface area (Å²) < 4.78 is 0. The van der Waals surface area contributed by atoms with Crippen molar-refractivity contribution < 1.29 is 43.8 Å². The molecule has 0 aromatic heterocycles. The van der Waals surface area contributed by atoms with Gasteiger partial charge in [-0.25, -0.2) is 0 Å². The second kappa shape index (κ2) is 65.0. The van der Waals surface area contributed by atoms with Gasteiger partial charge in [0.05, 0.1) is 41.3 Å². The molecule has 0 fully saturated rings. The molecule has 0 aromatic rings. The van der Waals surface area contributed by atoms with E-state index in [1.807, 2.05) is 0 Å². The molecular weight excluding hydrogens is 812 g/mol. The number of quaternary nitrogens is 2. The van der Waals surface area contributed by atoms with E-state index in [0.717, 1.165) is 0 Å². The van der Waals surface area contributed by atoms with Crippen molar-refractivity contribution in [2.75, 3.05) is 41.3 Å². The number of hydrogen-bond donors (Lipinski definition) is 2. The summed E-state index contributed by atoms with van der Waals surface area (Å²) in [4.78, 5) is 3.20. The van der Waals surface area contributed by atoms with E-state index in [-0.39, 0.29) is 34.0 Å². The summed E-state index contributed by atoms with van der Waals surface area (Å²) in [5, 5.41) is 0. The first-order valence-electron chi connectivity index (χ1n) is 26.0. The molecule has 0 saturated heterocycles. The van der Waals surface area contributed by atoms with Crippen molar-refractivity contribution in [3.8, 4) is 0 Å². The normalized spacial score (nSPS) is 10.8. The van der Waals surface area contributed by atoms with Gasteiger partial charge in [-0.05, 0) is 25.7 Å². The predicted octanol–water partition coefficient (Wildman–Crippen LogP) is 9.72. The topological polar surface area (TPSA) is 8.88 Å². The van der Waals surface area contributed by atoms with Gasteiger partial charge in [-0.15, -0.1) is 0 Å². The van der Waals surface area contributed by atoms with Gasteiger partial charge >= 0.3 is 0 Å². The fourth-order valence-electron chi connectivity index (χ4n) is 7.61. The molecule has 0 heterocycles.